The van der Waals surface area contributed by atoms with Gasteiger partial charge in [0.1, 0.15) is 5.00 Å². The predicted molar refractivity (Wildman–Crippen MR) is 86.0 cm³/mol. The quantitative estimate of drug-likeness (QED) is 0.731. The molecule has 1 atom stereocenters. The van der Waals surface area contributed by atoms with Crippen LogP contribution in [0.2, 0.25) is 0 Å². The lowest BCUT2D eigenvalue weighted by Crippen LogP contribution is -2.30. The van der Waals surface area contributed by atoms with Gasteiger partial charge >= 0.3 is 6.03 Å². The zero-order valence-electron chi connectivity index (χ0n) is 12.6. The van der Waals surface area contributed by atoms with Crippen molar-refractivity contribution in [2.24, 2.45) is 11.7 Å². The first-order valence-electron chi connectivity index (χ1n) is 7.52. The average molecular weight is 309 g/mol. The van der Waals surface area contributed by atoms with Crippen molar-refractivity contribution in [3.8, 4) is 0 Å². The molecule has 0 radical (unpaired) electrons. The molecule has 1 aromatic heterocycles. The normalized spacial score (nSPS) is 17.1. The molecule has 0 fully saturated rings. The highest BCUT2D eigenvalue weighted by Gasteiger charge is 2.27. The number of unbranched alkanes of at least 4 members (excludes halogenated alkanes) is 1. The second kappa shape index (κ2) is 6.93. The molecule has 2 rings (SSSR count). The summed E-state index contributed by atoms with van der Waals surface area (Å²) in [6.45, 7) is 4.91. The van der Waals surface area contributed by atoms with E-state index >= 15 is 0 Å². The summed E-state index contributed by atoms with van der Waals surface area (Å²) in [7, 11) is 0. The number of hydrogen-bond acceptors (Lipinski definition) is 3. The molecule has 1 unspecified atom stereocenters. The van der Waals surface area contributed by atoms with Gasteiger partial charge in [-0.1, -0.05) is 20.3 Å². The van der Waals surface area contributed by atoms with Crippen molar-refractivity contribution < 1.29 is 9.59 Å². The van der Waals surface area contributed by atoms with Crippen molar-refractivity contribution in [1.29, 1.82) is 0 Å². The summed E-state index contributed by atoms with van der Waals surface area (Å²) >= 11 is 1.49. The van der Waals surface area contributed by atoms with Crippen LogP contribution in [-0.2, 0) is 12.8 Å². The van der Waals surface area contributed by atoms with Gasteiger partial charge in [-0.2, -0.15) is 0 Å². The van der Waals surface area contributed by atoms with Crippen molar-refractivity contribution in [3.63, 3.8) is 0 Å². The second-order valence-corrected chi connectivity index (χ2v) is 6.76. The third-order valence-electron chi connectivity index (χ3n) is 3.80. The van der Waals surface area contributed by atoms with Crippen LogP contribution >= 0.6 is 11.3 Å². The Morgan fingerprint density at radius 3 is 2.86 bits per heavy atom. The summed E-state index contributed by atoms with van der Waals surface area (Å²) in [5.41, 5.74) is 7.05. The van der Waals surface area contributed by atoms with Crippen LogP contribution in [0.15, 0.2) is 0 Å². The first-order chi connectivity index (χ1) is 10.0. The van der Waals surface area contributed by atoms with Crippen LogP contribution in [-0.4, -0.2) is 18.5 Å². The van der Waals surface area contributed by atoms with Gasteiger partial charge in [-0.3, -0.25) is 10.1 Å². The molecule has 0 saturated carbocycles. The number of urea groups is 1. The molecule has 5 nitrogen and oxygen atoms in total. The summed E-state index contributed by atoms with van der Waals surface area (Å²) in [5, 5.41) is 6.18. The van der Waals surface area contributed by atoms with Crippen molar-refractivity contribution in [2.45, 2.75) is 46.0 Å². The largest absolute Gasteiger partial charge is 0.365 e. The van der Waals surface area contributed by atoms with Crippen LogP contribution in [0, 0.1) is 5.92 Å². The summed E-state index contributed by atoms with van der Waals surface area (Å²) in [6, 6.07) is -0.266. The lowest BCUT2D eigenvalue weighted by atomic mass is 9.88. The number of rotatable bonds is 5. The lowest BCUT2D eigenvalue weighted by Gasteiger charge is -2.18. The molecule has 1 aromatic rings. The monoisotopic (exact) mass is 309 g/mol. The molecule has 1 aliphatic carbocycles. The van der Waals surface area contributed by atoms with E-state index in [4.69, 9.17) is 5.73 Å². The Bertz CT molecular complexity index is 539. The van der Waals surface area contributed by atoms with Crippen LogP contribution < -0.4 is 16.4 Å². The van der Waals surface area contributed by atoms with E-state index in [1.807, 2.05) is 0 Å². The molecule has 0 aliphatic heterocycles. The molecule has 116 valence electrons. The predicted octanol–water partition coefficient (Wildman–Crippen LogP) is 2.89. The highest BCUT2D eigenvalue weighted by atomic mass is 32.1. The van der Waals surface area contributed by atoms with Gasteiger partial charge in [0.05, 0.1) is 5.56 Å². The van der Waals surface area contributed by atoms with E-state index in [2.05, 4.69) is 24.5 Å². The smallest absolute Gasteiger partial charge is 0.319 e. The van der Waals surface area contributed by atoms with Crippen LogP contribution in [0.4, 0.5) is 9.80 Å². The highest BCUT2D eigenvalue weighted by molar-refractivity contribution is 7.17. The van der Waals surface area contributed by atoms with E-state index < -0.39 is 5.91 Å². The van der Waals surface area contributed by atoms with Gasteiger partial charge < -0.3 is 11.1 Å². The zero-order valence-corrected chi connectivity index (χ0v) is 13.4. The number of thiophene rings is 1. The Kier molecular flexibility index (Phi) is 5.22. The zero-order chi connectivity index (χ0) is 15.4. The van der Waals surface area contributed by atoms with E-state index in [9.17, 15) is 9.59 Å². The molecule has 3 amide bonds. The number of carbonyl (C=O) groups is 2. The Morgan fingerprint density at radius 1 is 1.43 bits per heavy atom. The molecule has 0 bridgehead atoms. The van der Waals surface area contributed by atoms with Crippen molar-refractivity contribution >= 4 is 28.3 Å². The highest BCUT2D eigenvalue weighted by Crippen LogP contribution is 2.39. The SMILES string of the molecule is CCCCNC(=O)Nc1sc2c(c1C(N)=O)CCC(C)C2. The first-order valence-corrected chi connectivity index (χ1v) is 8.33. The molecule has 0 saturated heterocycles. The van der Waals surface area contributed by atoms with Crippen LogP contribution in [0.1, 0.15) is 53.9 Å². The maximum Gasteiger partial charge on any atom is 0.319 e. The van der Waals surface area contributed by atoms with Gasteiger partial charge in [-0.25, -0.2) is 4.79 Å². The van der Waals surface area contributed by atoms with Gasteiger partial charge in [0.15, 0.2) is 0 Å². The molecule has 21 heavy (non-hydrogen) atoms. The van der Waals surface area contributed by atoms with Gasteiger partial charge in [0, 0.05) is 11.4 Å². The summed E-state index contributed by atoms with van der Waals surface area (Å²) in [5.74, 6) is 0.161. The van der Waals surface area contributed by atoms with Gasteiger partial charge in [0.25, 0.3) is 5.91 Å². The molecular formula is C15H23N3O2S. The van der Waals surface area contributed by atoms with Crippen molar-refractivity contribution in [2.75, 3.05) is 11.9 Å². The second-order valence-electron chi connectivity index (χ2n) is 5.65. The number of fused-ring (bicyclic) bond motifs is 1. The Labute approximate surface area is 129 Å². The van der Waals surface area contributed by atoms with Crippen molar-refractivity contribution in [3.05, 3.63) is 16.0 Å². The van der Waals surface area contributed by atoms with Crippen molar-refractivity contribution in [1.82, 2.24) is 5.32 Å². The Hall–Kier alpha value is -1.56. The molecule has 0 spiro atoms. The minimum absolute atomic E-state index is 0.266. The fourth-order valence-electron chi connectivity index (χ4n) is 2.63. The summed E-state index contributed by atoms with van der Waals surface area (Å²) < 4.78 is 0. The number of hydrogen-bond donors (Lipinski definition) is 3. The molecule has 4 N–H and O–H groups in total. The third kappa shape index (κ3) is 3.75. The number of anilines is 1. The third-order valence-corrected chi connectivity index (χ3v) is 4.97. The maximum absolute atomic E-state index is 11.9. The first kappa shape index (κ1) is 15.8. The minimum Gasteiger partial charge on any atom is -0.365 e. The summed E-state index contributed by atoms with van der Waals surface area (Å²) in [6.07, 6.45) is 4.85. The van der Waals surface area contributed by atoms with Crippen LogP contribution in [0.3, 0.4) is 0 Å². The Morgan fingerprint density at radius 2 is 2.19 bits per heavy atom. The number of amides is 3. The molecule has 0 aromatic carbocycles. The average Bonchev–Trinajstić information content (AvgIpc) is 2.75. The molecule has 6 heteroatoms. The van der Waals surface area contributed by atoms with E-state index in [1.165, 1.54) is 16.2 Å². The summed E-state index contributed by atoms with van der Waals surface area (Å²) in [4.78, 5) is 24.8. The fraction of sp³-hybridized carbons (Fsp3) is 0.600. The van der Waals surface area contributed by atoms with Crippen LogP contribution in [0.25, 0.3) is 0 Å². The number of primary amides is 1. The topological polar surface area (TPSA) is 84.2 Å². The van der Waals surface area contributed by atoms with E-state index in [1.54, 1.807) is 0 Å². The fourth-order valence-corrected chi connectivity index (χ4v) is 4.04. The van der Waals surface area contributed by atoms with Gasteiger partial charge in [0.2, 0.25) is 0 Å². The standard InChI is InChI=1S/C15H23N3O2S/c1-3-4-7-17-15(20)18-14-12(13(16)19)10-6-5-9(2)8-11(10)21-14/h9H,3-8H2,1-2H3,(H2,16,19)(H2,17,18,20). The number of nitrogens with two attached hydrogens (primary N) is 1. The molecule has 1 heterocycles. The van der Waals surface area contributed by atoms with E-state index in [-0.39, 0.29) is 6.03 Å². The van der Waals surface area contributed by atoms with Gasteiger partial charge in [-0.15, -0.1) is 11.3 Å². The van der Waals surface area contributed by atoms with Crippen LogP contribution in [0.5, 0.6) is 0 Å². The van der Waals surface area contributed by atoms with E-state index in [0.29, 0.717) is 23.0 Å². The number of nitrogens with one attached hydrogen (secondary N) is 2. The molecule has 1 aliphatic rings. The maximum atomic E-state index is 11.9. The van der Waals surface area contributed by atoms with Gasteiger partial charge in [-0.05, 0) is 37.2 Å². The number of carbonyl (C=O) groups excluding carboxylic acids is 2. The Balaban J connectivity index is 2.15. The lowest BCUT2D eigenvalue weighted by molar-refractivity contribution is 0.100. The van der Waals surface area contributed by atoms with E-state index in [0.717, 1.165) is 37.7 Å². The molecular weight excluding hydrogens is 286 g/mol. The minimum atomic E-state index is -0.453.